The van der Waals surface area contributed by atoms with E-state index in [0.29, 0.717) is 13.2 Å². The van der Waals surface area contributed by atoms with Crippen LogP contribution in [0.5, 0.6) is 0 Å². The third-order valence-corrected chi connectivity index (χ3v) is 4.61. The van der Waals surface area contributed by atoms with Crippen LogP contribution in [0.25, 0.3) is 0 Å². The predicted molar refractivity (Wildman–Crippen MR) is 57.3 cm³/mol. The van der Waals surface area contributed by atoms with Gasteiger partial charge in [0.1, 0.15) is 0 Å². The number of hydrogen-bond donors (Lipinski definition) is 1. The van der Waals surface area contributed by atoms with Crippen molar-refractivity contribution in [2.75, 3.05) is 13.2 Å². The van der Waals surface area contributed by atoms with Gasteiger partial charge in [-0.3, -0.25) is 4.57 Å². The molecule has 17 heavy (non-hydrogen) atoms. The first-order valence-electron chi connectivity index (χ1n) is 5.09. The van der Waals surface area contributed by atoms with E-state index in [9.17, 15) is 17.7 Å². The van der Waals surface area contributed by atoms with Crippen molar-refractivity contribution in [3.05, 3.63) is 29.8 Å². The molecule has 1 N–H and O–H groups in total. The van der Waals surface area contributed by atoms with Crippen LogP contribution in [-0.4, -0.2) is 13.2 Å². The zero-order chi connectivity index (χ0) is 12.5. The fourth-order valence-corrected chi connectivity index (χ4v) is 3.35. The largest absolute Gasteiger partial charge is 0.416 e. The molecule has 0 amide bonds. The first-order chi connectivity index (χ1) is 7.92. The van der Waals surface area contributed by atoms with Crippen molar-refractivity contribution < 1.29 is 22.3 Å². The van der Waals surface area contributed by atoms with Crippen LogP contribution in [0.1, 0.15) is 12.0 Å². The number of benzene rings is 1. The third kappa shape index (κ3) is 2.70. The summed E-state index contributed by atoms with van der Waals surface area (Å²) in [7, 11) is -3.16. The zero-order valence-corrected chi connectivity index (χ0v) is 9.72. The second kappa shape index (κ2) is 4.44. The summed E-state index contributed by atoms with van der Waals surface area (Å²) in [6.07, 6.45) is -3.64. The van der Waals surface area contributed by atoms with Gasteiger partial charge in [-0.1, -0.05) is 0 Å². The van der Waals surface area contributed by atoms with Crippen LogP contribution in [0.4, 0.5) is 13.2 Å². The average molecular weight is 265 g/mol. The minimum absolute atomic E-state index is 0.269. The summed E-state index contributed by atoms with van der Waals surface area (Å²) in [6.45, 7) is 0.892. The summed E-state index contributed by atoms with van der Waals surface area (Å²) < 4.78 is 54.3. The first-order valence-corrected chi connectivity index (χ1v) is 6.72. The van der Waals surface area contributed by atoms with Crippen LogP contribution < -0.4 is 10.4 Å². The van der Waals surface area contributed by atoms with Gasteiger partial charge < -0.3 is 4.52 Å². The van der Waals surface area contributed by atoms with Gasteiger partial charge in [0.25, 0.3) is 7.52 Å². The quantitative estimate of drug-likeness (QED) is 0.793. The smallest absolute Gasteiger partial charge is 0.314 e. The van der Waals surface area contributed by atoms with Crippen LogP contribution in [0, 0.1) is 0 Å². The lowest BCUT2D eigenvalue weighted by molar-refractivity contribution is -0.137. The Morgan fingerprint density at radius 1 is 1.24 bits per heavy atom. The summed E-state index contributed by atoms with van der Waals surface area (Å²) in [5.74, 6) is 0. The molecule has 1 aliphatic rings. The Labute approximate surface area is 96.5 Å². The molecule has 1 heterocycles. The highest BCUT2D eigenvalue weighted by Gasteiger charge is 2.32. The molecule has 0 bridgehead atoms. The molecule has 0 aromatic heterocycles. The molecule has 0 spiro atoms. The van der Waals surface area contributed by atoms with Crippen LogP contribution in [0.3, 0.4) is 0 Å². The van der Waals surface area contributed by atoms with E-state index in [0.717, 1.165) is 18.6 Å². The number of halogens is 3. The monoisotopic (exact) mass is 265 g/mol. The van der Waals surface area contributed by atoms with Crippen molar-refractivity contribution in [3.63, 3.8) is 0 Å². The van der Waals surface area contributed by atoms with E-state index < -0.39 is 19.3 Å². The minimum Gasteiger partial charge on any atom is -0.314 e. The maximum absolute atomic E-state index is 12.3. The fraction of sp³-hybridized carbons (Fsp3) is 0.400. The number of rotatable bonds is 1. The molecule has 1 aliphatic heterocycles. The molecule has 0 saturated carbocycles. The van der Waals surface area contributed by atoms with E-state index in [1.807, 2.05) is 0 Å². The highest BCUT2D eigenvalue weighted by molar-refractivity contribution is 7.65. The normalized spacial score (nSPS) is 25.8. The minimum atomic E-state index is -4.38. The van der Waals surface area contributed by atoms with Gasteiger partial charge in [0, 0.05) is 6.54 Å². The van der Waals surface area contributed by atoms with Crippen molar-refractivity contribution in [3.8, 4) is 0 Å². The molecular weight excluding hydrogens is 254 g/mol. The van der Waals surface area contributed by atoms with E-state index >= 15 is 0 Å². The first kappa shape index (κ1) is 12.6. The van der Waals surface area contributed by atoms with E-state index in [2.05, 4.69) is 5.09 Å². The molecule has 1 aromatic rings. The van der Waals surface area contributed by atoms with Crippen molar-refractivity contribution in [2.24, 2.45) is 0 Å². The van der Waals surface area contributed by atoms with Gasteiger partial charge in [-0.05, 0) is 30.7 Å². The van der Waals surface area contributed by atoms with Gasteiger partial charge in [-0.15, -0.1) is 0 Å². The average Bonchev–Trinajstić information content (AvgIpc) is 2.29. The van der Waals surface area contributed by atoms with Gasteiger partial charge in [-0.2, -0.15) is 13.2 Å². The summed E-state index contributed by atoms with van der Waals surface area (Å²) in [6, 6.07) is 4.22. The van der Waals surface area contributed by atoms with Crippen molar-refractivity contribution >= 4 is 12.8 Å². The molecule has 2 rings (SSSR count). The topological polar surface area (TPSA) is 38.3 Å². The molecule has 7 heteroatoms. The van der Waals surface area contributed by atoms with E-state index in [1.54, 1.807) is 0 Å². The van der Waals surface area contributed by atoms with Crippen molar-refractivity contribution in [2.45, 2.75) is 12.6 Å². The molecule has 3 nitrogen and oxygen atoms in total. The summed E-state index contributed by atoms with van der Waals surface area (Å²) in [4.78, 5) is 0. The third-order valence-electron chi connectivity index (χ3n) is 2.45. The standard InChI is InChI=1S/C10H11F3NO2P/c11-10(12,13)8-2-4-9(5-3-8)17(15)14-6-1-7-16-17/h2-5H,1,6-7H2,(H,14,15). The molecule has 1 fully saturated rings. The molecule has 1 unspecified atom stereocenters. The summed E-state index contributed by atoms with van der Waals surface area (Å²) in [5.41, 5.74) is -0.759. The molecule has 94 valence electrons. The lowest BCUT2D eigenvalue weighted by Crippen LogP contribution is -2.28. The Balaban J connectivity index is 2.26. The molecule has 0 radical (unpaired) electrons. The van der Waals surface area contributed by atoms with Crippen LogP contribution in [0.2, 0.25) is 0 Å². The molecule has 1 atom stereocenters. The SMILES string of the molecule is O=P1(c2ccc(C(F)(F)F)cc2)NCCCO1. The Morgan fingerprint density at radius 3 is 2.35 bits per heavy atom. The molecule has 1 saturated heterocycles. The van der Waals surface area contributed by atoms with Crippen LogP contribution >= 0.6 is 7.52 Å². The van der Waals surface area contributed by atoms with Crippen LogP contribution in [0.15, 0.2) is 24.3 Å². The maximum atomic E-state index is 12.3. The van der Waals surface area contributed by atoms with Crippen molar-refractivity contribution in [1.82, 2.24) is 5.09 Å². The number of alkyl halides is 3. The van der Waals surface area contributed by atoms with Gasteiger partial charge in [0.05, 0.1) is 17.5 Å². The number of hydrogen-bond acceptors (Lipinski definition) is 2. The number of nitrogens with one attached hydrogen (secondary N) is 1. The lowest BCUT2D eigenvalue weighted by atomic mass is 10.2. The van der Waals surface area contributed by atoms with E-state index in [1.165, 1.54) is 12.1 Å². The zero-order valence-electron chi connectivity index (χ0n) is 8.83. The van der Waals surface area contributed by atoms with Crippen LogP contribution in [-0.2, 0) is 15.3 Å². The Hall–Kier alpha value is -0.840. The van der Waals surface area contributed by atoms with Gasteiger partial charge in [0.2, 0.25) is 0 Å². The Bertz CT molecular complexity index is 434. The lowest BCUT2D eigenvalue weighted by Gasteiger charge is -2.24. The van der Waals surface area contributed by atoms with Gasteiger partial charge in [-0.25, -0.2) is 5.09 Å². The molecule has 1 aromatic carbocycles. The highest BCUT2D eigenvalue weighted by Crippen LogP contribution is 2.43. The van der Waals surface area contributed by atoms with E-state index in [-0.39, 0.29) is 5.30 Å². The second-order valence-corrected chi connectivity index (χ2v) is 5.88. The van der Waals surface area contributed by atoms with Gasteiger partial charge >= 0.3 is 6.18 Å². The molecule has 0 aliphatic carbocycles. The Kier molecular flexibility index (Phi) is 3.30. The maximum Gasteiger partial charge on any atom is 0.416 e. The fourth-order valence-electron chi connectivity index (χ4n) is 1.55. The van der Waals surface area contributed by atoms with Crippen molar-refractivity contribution in [1.29, 1.82) is 0 Å². The summed E-state index contributed by atoms with van der Waals surface area (Å²) >= 11 is 0. The predicted octanol–water partition coefficient (Wildman–Crippen LogP) is 2.53. The van der Waals surface area contributed by atoms with E-state index in [4.69, 9.17) is 4.52 Å². The highest BCUT2D eigenvalue weighted by atomic mass is 31.2. The Morgan fingerprint density at radius 2 is 1.88 bits per heavy atom. The molecular formula is C10H11F3NO2P. The summed E-state index contributed by atoms with van der Waals surface area (Å²) in [5, 5.41) is 2.99. The van der Waals surface area contributed by atoms with Gasteiger partial charge in [0.15, 0.2) is 0 Å². The second-order valence-electron chi connectivity index (χ2n) is 3.69.